The van der Waals surface area contributed by atoms with Crippen LogP contribution in [0.2, 0.25) is 0 Å². The summed E-state index contributed by atoms with van der Waals surface area (Å²) in [5, 5.41) is 0. The fourth-order valence-electron chi connectivity index (χ4n) is 3.92. The molecule has 2 aromatic carbocycles. The van der Waals surface area contributed by atoms with E-state index in [4.69, 9.17) is 4.74 Å². The highest BCUT2D eigenvalue weighted by atomic mass is 32.1. The predicted octanol–water partition coefficient (Wildman–Crippen LogP) is 4.77. The number of nitrogens with zero attached hydrogens (tertiary/aromatic N) is 2. The van der Waals surface area contributed by atoms with Crippen LogP contribution in [0.1, 0.15) is 31.2 Å². The topological polar surface area (TPSA) is 32.8 Å². The molecule has 0 bridgehead atoms. The van der Waals surface area contributed by atoms with Gasteiger partial charge in [0.2, 0.25) is 0 Å². The maximum atomic E-state index is 13.5. The van der Waals surface area contributed by atoms with E-state index in [0.29, 0.717) is 13.1 Å². The van der Waals surface area contributed by atoms with E-state index < -0.39 is 0 Å². The molecule has 1 aliphatic rings. The Morgan fingerprint density at radius 3 is 2.52 bits per heavy atom. The molecule has 1 saturated heterocycles. The Labute approximate surface area is 189 Å². The minimum atomic E-state index is 0.103. The van der Waals surface area contributed by atoms with Gasteiger partial charge in [0.1, 0.15) is 0 Å². The van der Waals surface area contributed by atoms with Crippen molar-refractivity contribution in [3.05, 3.63) is 93.2 Å². The van der Waals surface area contributed by atoms with Crippen molar-refractivity contribution < 1.29 is 9.53 Å². The number of thiophene rings is 1. The van der Waals surface area contributed by atoms with Crippen molar-refractivity contribution in [3.8, 4) is 0 Å². The number of carbonyl (C=O) groups is 1. The largest absolute Gasteiger partial charge is 0.379 e. The molecule has 0 atom stereocenters. The van der Waals surface area contributed by atoms with Gasteiger partial charge in [-0.2, -0.15) is 0 Å². The molecule has 1 aromatic heterocycles. The van der Waals surface area contributed by atoms with Gasteiger partial charge >= 0.3 is 0 Å². The van der Waals surface area contributed by atoms with Gasteiger partial charge in [0.05, 0.1) is 19.8 Å². The van der Waals surface area contributed by atoms with E-state index in [1.807, 2.05) is 23.1 Å². The standard InChI is InChI=1S/C26H30N2O2S/c1-21-10-11-25(31-21)20-28(13-12-22-6-3-2-4-7-22)26(29)24-9-5-8-23(18-24)19-27-14-16-30-17-15-27/h2-11,18H,12-17,19-20H2,1H3. The Bertz CT molecular complexity index is 980. The van der Waals surface area contributed by atoms with Crippen LogP contribution in [0.5, 0.6) is 0 Å². The van der Waals surface area contributed by atoms with E-state index in [1.54, 1.807) is 11.3 Å². The number of benzene rings is 2. The SMILES string of the molecule is Cc1ccc(CN(CCc2ccccc2)C(=O)c2cccc(CN3CCOCC3)c2)s1. The highest BCUT2D eigenvalue weighted by Gasteiger charge is 2.18. The van der Waals surface area contributed by atoms with E-state index in [2.05, 4.69) is 60.4 Å². The summed E-state index contributed by atoms with van der Waals surface area (Å²) in [6, 6.07) is 22.8. The zero-order valence-electron chi connectivity index (χ0n) is 18.1. The Hall–Kier alpha value is -2.47. The number of ether oxygens (including phenoxy) is 1. The second-order valence-electron chi connectivity index (χ2n) is 8.06. The molecule has 1 aliphatic heterocycles. The molecule has 0 unspecified atom stereocenters. The maximum absolute atomic E-state index is 13.5. The minimum Gasteiger partial charge on any atom is -0.379 e. The summed E-state index contributed by atoms with van der Waals surface area (Å²) >= 11 is 1.76. The third kappa shape index (κ3) is 6.26. The van der Waals surface area contributed by atoms with Gasteiger partial charge in [-0.1, -0.05) is 42.5 Å². The molecule has 4 nitrogen and oxygen atoms in total. The van der Waals surface area contributed by atoms with Gasteiger partial charge < -0.3 is 9.64 Å². The van der Waals surface area contributed by atoms with Crippen molar-refractivity contribution in [2.45, 2.75) is 26.4 Å². The molecule has 5 heteroatoms. The summed E-state index contributed by atoms with van der Waals surface area (Å²) in [5.74, 6) is 0.103. The molecule has 31 heavy (non-hydrogen) atoms. The summed E-state index contributed by atoms with van der Waals surface area (Å²) in [4.78, 5) is 20.4. The summed E-state index contributed by atoms with van der Waals surface area (Å²) < 4.78 is 5.45. The second kappa shape index (κ2) is 10.7. The van der Waals surface area contributed by atoms with Gasteiger partial charge in [-0.25, -0.2) is 0 Å². The third-order valence-electron chi connectivity index (χ3n) is 5.63. The van der Waals surface area contributed by atoms with E-state index in [0.717, 1.165) is 44.8 Å². The first-order chi connectivity index (χ1) is 15.2. The summed E-state index contributed by atoms with van der Waals surface area (Å²) in [5.41, 5.74) is 3.21. The van der Waals surface area contributed by atoms with Crippen LogP contribution in [-0.2, 0) is 24.2 Å². The van der Waals surface area contributed by atoms with Gasteiger partial charge in [-0.3, -0.25) is 9.69 Å². The molecule has 162 valence electrons. The molecule has 4 rings (SSSR count). The van der Waals surface area contributed by atoms with Gasteiger partial charge in [0.25, 0.3) is 5.91 Å². The molecular weight excluding hydrogens is 404 g/mol. The minimum absolute atomic E-state index is 0.103. The summed E-state index contributed by atoms with van der Waals surface area (Å²) in [6.45, 7) is 7.78. The monoisotopic (exact) mass is 434 g/mol. The lowest BCUT2D eigenvalue weighted by atomic mass is 10.1. The van der Waals surface area contributed by atoms with Crippen LogP contribution in [0.4, 0.5) is 0 Å². The molecule has 0 aliphatic carbocycles. The van der Waals surface area contributed by atoms with E-state index in [1.165, 1.54) is 20.9 Å². The normalized spacial score (nSPS) is 14.5. The van der Waals surface area contributed by atoms with Crippen molar-refractivity contribution in [1.29, 1.82) is 0 Å². The molecule has 0 spiro atoms. The molecule has 0 radical (unpaired) electrons. The molecule has 0 saturated carbocycles. The first-order valence-corrected chi connectivity index (χ1v) is 11.8. The lowest BCUT2D eigenvalue weighted by molar-refractivity contribution is 0.0341. The van der Waals surface area contributed by atoms with Gasteiger partial charge in [-0.05, 0) is 48.7 Å². The fourth-order valence-corrected chi connectivity index (χ4v) is 4.83. The predicted molar refractivity (Wildman–Crippen MR) is 126 cm³/mol. The summed E-state index contributed by atoms with van der Waals surface area (Å²) in [6.07, 6.45) is 0.852. The lowest BCUT2D eigenvalue weighted by Crippen LogP contribution is -2.35. The van der Waals surface area contributed by atoms with Crippen LogP contribution < -0.4 is 0 Å². The highest BCUT2D eigenvalue weighted by molar-refractivity contribution is 7.11. The lowest BCUT2D eigenvalue weighted by Gasteiger charge is -2.27. The molecule has 1 fully saturated rings. The van der Waals surface area contributed by atoms with Crippen LogP contribution in [-0.4, -0.2) is 48.6 Å². The zero-order chi connectivity index (χ0) is 21.5. The van der Waals surface area contributed by atoms with Crippen molar-refractivity contribution in [2.24, 2.45) is 0 Å². The van der Waals surface area contributed by atoms with Crippen LogP contribution in [0.25, 0.3) is 0 Å². The summed E-state index contributed by atoms with van der Waals surface area (Å²) in [7, 11) is 0. The first-order valence-electron chi connectivity index (χ1n) is 10.9. The smallest absolute Gasteiger partial charge is 0.254 e. The van der Waals surface area contributed by atoms with Crippen LogP contribution >= 0.6 is 11.3 Å². The number of hydrogen-bond acceptors (Lipinski definition) is 4. The van der Waals surface area contributed by atoms with Crippen LogP contribution in [0.3, 0.4) is 0 Å². The second-order valence-corrected chi connectivity index (χ2v) is 9.44. The highest BCUT2D eigenvalue weighted by Crippen LogP contribution is 2.20. The molecule has 0 N–H and O–H groups in total. The average Bonchev–Trinajstić information content (AvgIpc) is 3.22. The van der Waals surface area contributed by atoms with Crippen LogP contribution in [0.15, 0.2) is 66.7 Å². The number of rotatable bonds is 8. The number of aryl methyl sites for hydroxylation is 1. The van der Waals surface area contributed by atoms with Crippen molar-refractivity contribution in [3.63, 3.8) is 0 Å². The Kier molecular flexibility index (Phi) is 7.52. The number of amides is 1. The Balaban J connectivity index is 1.49. The van der Waals surface area contributed by atoms with Gasteiger partial charge in [0, 0.05) is 41.5 Å². The Morgan fingerprint density at radius 2 is 1.77 bits per heavy atom. The first kappa shape index (κ1) is 21.8. The van der Waals surface area contributed by atoms with Crippen molar-refractivity contribution in [1.82, 2.24) is 9.80 Å². The molecule has 1 amide bonds. The van der Waals surface area contributed by atoms with Crippen LogP contribution in [0, 0.1) is 6.92 Å². The van der Waals surface area contributed by atoms with E-state index in [9.17, 15) is 4.79 Å². The Morgan fingerprint density at radius 1 is 1.00 bits per heavy atom. The fraction of sp³-hybridized carbons (Fsp3) is 0.346. The quantitative estimate of drug-likeness (QED) is 0.512. The zero-order valence-corrected chi connectivity index (χ0v) is 18.9. The van der Waals surface area contributed by atoms with Gasteiger partial charge in [0.15, 0.2) is 0 Å². The van der Waals surface area contributed by atoms with Crippen molar-refractivity contribution in [2.75, 3.05) is 32.8 Å². The van der Waals surface area contributed by atoms with E-state index in [-0.39, 0.29) is 5.91 Å². The third-order valence-corrected chi connectivity index (χ3v) is 6.61. The molecular formula is C26H30N2O2S. The van der Waals surface area contributed by atoms with Crippen molar-refractivity contribution >= 4 is 17.2 Å². The number of carbonyl (C=O) groups excluding carboxylic acids is 1. The average molecular weight is 435 g/mol. The van der Waals surface area contributed by atoms with Gasteiger partial charge in [-0.15, -0.1) is 11.3 Å². The number of hydrogen-bond donors (Lipinski definition) is 0. The number of morpholine rings is 1. The molecule has 2 heterocycles. The van der Waals surface area contributed by atoms with E-state index >= 15 is 0 Å². The molecule has 3 aromatic rings. The maximum Gasteiger partial charge on any atom is 0.254 e.